The Bertz CT molecular complexity index is 508. The highest BCUT2D eigenvalue weighted by Crippen LogP contribution is 2.30. The maximum atomic E-state index is 5.62. The molecule has 1 aromatic carbocycles. The molecule has 0 radical (unpaired) electrons. The molecule has 3 unspecified atom stereocenters. The first kappa shape index (κ1) is 16.4. The summed E-state index contributed by atoms with van der Waals surface area (Å²) in [5, 5.41) is 3.68. The maximum absolute atomic E-state index is 5.62. The van der Waals surface area contributed by atoms with Gasteiger partial charge in [0.1, 0.15) is 12.4 Å². The first-order valence-corrected chi connectivity index (χ1v) is 8.47. The fraction of sp³-hybridized carbons (Fsp3) is 0.556. The number of ether oxygens (including phenoxy) is 1. The molecule has 1 N–H and O–H groups in total. The molecular weight excluding hydrogens is 326 g/mol. The van der Waals surface area contributed by atoms with E-state index in [1.54, 1.807) is 0 Å². The largest absolute Gasteiger partial charge is 0.481 e. The van der Waals surface area contributed by atoms with E-state index in [4.69, 9.17) is 11.2 Å². The Morgan fingerprint density at radius 2 is 2.14 bits per heavy atom. The Balaban J connectivity index is 1.96. The molecule has 0 heterocycles. The van der Waals surface area contributed by atoms with Crippen molar-refractivity contribution in [2.75, 3.05) is 6.61 Å². The quantitative estimate of drug-likeness (QED) is 0.796. The van der Waals surface area contributed by atoms with E-state index in [9.17, 15) is 0 Å². The van der Waals surface area contributed by atoms with Crippen LogP contribution in [0.1, 0.15) is 38.7 Å². The van der Waals surface area contributed by atoms with Gasteiger partial charge in [0.15, 0.2) is 0 Å². The van der Waals surface area contributed by atoms with E-state index in [2.05, 4.69) is 47.1 Å². The maximum Gasteiger partial charge on any atom is 0.148 e. The van der Waals surface area contributed by atoms with Gasteiger partial charge in [-0.3, -0.25) is 0 Å². The van der Waals surface area contributed by atoms with Gasteiger partial charge in [-0.2, -0.15) is 0 Å². The molecule has 1 aromatic rings. The lowest BCUT2D eigenvalue weighted by Crippen LogP contribution is -2.35. The summed E-state index contributed by atoms with van der Waals surface area (Å²) < 4.78 is 6.69. The van der Waals surface area contributed by atoms with Crippen LogP contribution in [-0.4, -0.2) is 12.6 Å². The average molecular weight is 350 g/mol. The molecule has 3 heteroatoms. The predicted octanol–water partition coefficient (Wildman–Crippen LogP) is 4.38. The summed E-state index contributed by atoms with van der Waals surface area (Å²) in [5.74, 6) is 5.05. The Morgan fingerprint density at radius 3 is 2.86 bits per heavy atom. The first-order valence-electron chi connectivity index (χ1n) is 7.68. The van der Waals surface area contributed by atoms with Gasteiger partial charge < -0.3 is 10.1 Å². The number of benzene rings is 1. The molecule has 0 saturated heterocycles. The molecule has 0 bridgehead atoms. The van der Waals surface area contributed by atoms with Crippen LogP contribution in [0.15, 0.2) is 22.7 Å². The molecule has 1 saturated carbocycles. The standard InChI is InChI=1S/C18H24BrNO/c1-4-9-21-18-8-6-16(19)11-15(18)12-20-17-7-5-13(2)14(3)10-17/h1,6,8,11,13-14,17,20H,5,7,9-10,12H2,2-3H3. The second-order valence-electron chi connectivity index (χ2n) is 6.09. The molecule has 3 atom stereocenters. The van der Waals surface area contributed by atoms with E-state index in [0.29, 0.717) is 12.6 Å². The Kier molecular flexibility index (Phi) is 6.14. The Morgan fingerprint density at radius 1 is 1.33 bits per heavy atom. The molecule has 2 nitrogen and oxygen atoms in total. The van der Waals surface area contributed by atoms with E-state index in [-0.39, 0.29) is 0 Å². The molecule has 1 aliphatic carbocycles. The van der Waals surface area contributed by atoms with Gasteiger partial charge in [0.05, 0.1) is 0 Å². The van der Waals surface area contributed by atoms with E-state index in [0.717, 1.165) is 34.2 Å². The minimum absolute atomic E-state index is 0.312. The highest BCUT2D eigenvalue weighted by molar-refractivity contribution is 9.10. The Hall–Kier alpha value is -0.980. The van der Waals surface area contributed by atoms with Gasteiger partial charge in [-0.15, -0.1) is 6.42 Å². The van der Waals surface area contributed by atoms with Gasteiger partial charge in [-0.1, -0.05) is 35.7 Å². The van der Waals surface area contributed by atoms with Crippen LogP contribution in [0, 0.1) is 24.2 Å². The van der Waals surface area contributed by atoms with Crippen LogP contribution in [0.25, 0.3) is 0 Å². The molecule has 2 rings (SSSR count). The van der Waals surface area contributed by atoms with Crippen molar-refractivity contribution in [2.45, 2.75) is 45.7 Å². The monoisotopic (exact) mass is 349 g/mol. The van der Waals surface area contributed by atoms with Crippen LogP contribution in [-0.2, 0) is 6.54 Å². The SMILES string of the molecule is C#CCOc1ccc(Br)cc1CNC1CCC(C)C(C)C1. The topological polar surface area (TPSA) is 21.3 Å². The summed E-state index contributed by atoms with van der Waals surface area (Å²) in [6.45, 7) is 5.86. The molecule has 114 valence electrons. The number of hydrogen-bond donors (Lipinski definition) is 1. The van der Waals surface area contributed by atoms with Crippen LogP contribution >= 0.6 is 15.9 Å². The molecule has 21 heavy (non-hydrogen) atoms. The van der Waals surface area contributed by atoms with Crippen LogP contribution in [0.5, 0.6) is 5.75 Å². The average Bonchev–Trinajstić information content (AvgIpc) is 2.47. The molecule has 0 amide bonds. The zero-order valence-electron chi connectivity index (χ0n) is 12.9. The summed E-state index contributed by atoms with van der Waals surface area (Å²) in [6, 6.07) is 6.67. The van der Waals surface area contributed by atoms with E-state index in [1.807, 2.05) is 12.1 Å². The summed E-state index contributed by atoms with van der Waals surface area (Å²) in [6.07, 6.45) is 9.12. The zero-order valence-corrected chi connectivity index (χ0v) is 14.4. The highest BCUT2D eigenvalue weighted by atomic mass is 79.9. The van der Waals surface area contributed by atoms with Crippen molar-refractivity contribution in [3.05, 3.63) is 28.2 Å². The van der Waals surface area contributed by atoms with E-state index >= 15 is 0 Å². The van der Waals surface area contributed by atoms with Crippen LogP contribution in [0.3, 0.4) is 0 Å². The highest BCUT2D eigenvalue weighted by Gasteiger charge is 2.24. The van der Waals surface area contributed by atoms with Crippen LogP contribution in [0.2, 0.25) is 0 Å². The van der Waals surface area contributed by atoms with Crippen molar-refractivity contribution >= 4 is 15.9 Å². The fourth-order valence-corrected chi connectivity index (χ4v) is 3.34. The van der Waals surface area contributed by atoms with Crippen LogP contribution in [0.4, 0.5) is 0 Å². The number of halogens is 1. The first-order chi connectivity index (χ1) is 10.1. The fourth-order valence-electron chi connectivity index (χ4n) is 2.93. The van der Waals surface area contributed by atoms with Gasteiger partial charge in [-0.25, -0.2) is 0 Å². The summed E-state index contributed by atoms with van der Waals surface area (Å²) in [5.41, 5.74) is 1.16. The van der Waals surface area contributed by atoms with E-state index < -0.39 is 0 Å². The second kappa shape index (κ2) is 7.87. The minimum Gasteiger partial charge on any atom is -0.481 e. The lowest BCUT2D eigenvalue weighted by atomic mass is 9.79. The second-order valence-corrected chi connectivity index (χ2v) is 7.01. The summed E-state index contributed by atoms with van der Waals surface area (Å²) in [7, 11) is 0. The lowest BCUT2D eigenvalue weighted by molar-refractivity contribution is 0.225. The van der Waals surface area contributed by atoms with Gasteiger partial charge in [0.2, 0.25) is 0 Å². The normalized spacial score (nSPS) is 25.3. The van der Waals surface area contributed by atoms with Crippen molar-refractivity contribution in [3.63, 3.8) is 0 Å². The third-order valence-electron chi connectivity index (χ3n) is 4.51. The number of nitrogens with one attached hydrogen (secondary N) is 1. The van der Waals surface area contributed by atoms with Gasteiger partial charge in [-0.05, 0) is 49.3 Å². The smallest absolute Gasteiger partial charge is 0.148 e. The van der Waals surface area contributed by atoms with Gasteiger partial charge in [0, 0.05) is 22.6 Å². The molecule has 1 aliphatic rings. The van der Waals surface area contributed by atoms with Crippen molar-refractivity contribution in [1.82, 2.24) is 5.32 Å². The molecule has 0 spiro atoms. The van der Waals surface area contributed by atoms with E-state index in [1.165, 1.54) is 19.3 Å². The van der Waals surface area contributed by atoms with Crippen molar-refractivity contribution in [2.24, 2.45) is 11.8 Å². The Labute approximate surface area is 136 Å². The lowest BCUT2D eigenvalue weighted by Gasteiger charge is -2.32. The number of hydrogen-bond acceptors (Lipinski definition) is 2. The van der Waals surface area contributed by atoms with Gasteiger partial charge in [0.25, 0.3) is 0 Å². The van der Waals surface area contributed by atoms with Crippen molar-refractivity contribution in [1.29, 1.82) is 0 Å². The van der Waals surface area contributed by atoms with Crippen molar-refractivity contribution < 1.29 is 4.74 Å². The number of rotatable bonds is 5. The summed E-state index contributed by atoms with van der Waals surface area (Å²) >= 11 is 3.52. The molecule has 1 fully saturated rings. The zero-order chi connectivity index (χ0) is 15.2. The summed E-state index contributed by atoms with van der Waals surface area (Å²) in [4.78, 5) is 0. The van der Waals surface area contributed by atoms with Crippen LogP contribution < -0.4 is 10.1 Å². The third kappa shape index (κ3) is 4.76. The minimum atomic E-state index is 0.312. The third-order valence-corrected chi connectivity index (χ3v) is 5.01. The predicted molar refractivity (Wildman–Crippen MR) is 91.3 cm³/mol. The van der Waals surface area contributed by atoms with Gasteiger partial charge >= 0.3 is 0 Å². The number of terminal acetylenes is 1. The van der Waals surface area contributed by atoms with Crippen molar-refractivity contribution in [3.8, 4) is 18.1 Å². The molecular formula is C18H24BrNO. The molecule has 0 aliphatic heterocycles. The molecule has 0 aromatic heterocycles.